The molecular formula is C17H17N3O5. The first-order valence-corrected chi connectivity index (χ1v) is 7.59. The monoisotopic (exact) mass is 343 g/mol. The molecule has 8 heteroatoms. The lowest BCUT2D eigenvalue weighted by atomic mass is 10.2. The fraction of sp³-hybridized carbons (Fsp3) is 0.235. The zero-order valence-corrected chi connectivity index (χ0v) is 13.6. The SMILES string of the molecule is COc1ccc(CNC(=O)CNC(=O)c2ccc3c(c2)OCO3)cn1. The third-order valence-corrected chi connectivity index (χ3v) is 3.54. The van der Waals surface area contributed by atoms with E-state index in [1.165, 1.54) is 7.11 Å². The van der Waals surface area contributed by atoms with Crippen LogP contribution in [0.1, 0.15) is 15.9 Å². The molecule has 1 aliphatic heterocycles. The van der Waals surface area contributed by atoms with Gasteiger partial charge in [-0.15, -0.1) is 0 Å². The van der Waals surface area contributed by atoms with Crippen molar-refractivity contribution in [1.82, 2.24) is 15.6 Å². The second-order valence-electron chi connectivity index (χ2n) is 5.24. The number of aromatic nitrogens is 1. The van der Waals surface area contributed by atoms with Gasteiger partial charge in [0, 0.05) is 24.4 Å². The van der Waals surface area contributed by atoms with Crippen molar-refractivity contribution in [1.29, 1.82) is 0 Å². The summed E-state index contributed by atoms with van der Waals surface area (Å²) in [6.07, 6.45) is 1.62. The molecule has 1 aliphatic rings. The number of nitrogens with one attached hydrogen (secondary N) is 2. The number of fused-ring (bicyclic) bond motifs is 1. The average Bonchev–Trinajstić information content (AvgIpc) is 3.12. The molecule has 2 aromatic rings. The Bertz CT molecular complexity index is 776. The molecule has 0 bridgehead atoms. The number of methoxy groups -OCH3 is 1. The third-order valence-electron chi connectivity index (χ3n) is 3.54. The van der Waals surface area contributed by atoms with E-state index in [1.807, 2.05) is 0 Å². The molecule has 130 valence electrons. The van der Waals surface area contributed by atoms with E-state index in [0.717, 1.165) is 5.56 Å². The van der Waals surface area contributed by atoms with Gasteiger partial charge >= 0.3 is 0 Å². The lowest BCUT2D eigenvalue weighted by Crippen LogP contribution is -2.36. The molecular weight excluding hydrogens is 326 g/mol. The quantitative estimate of drug-likeness (QED) is 0.807. The van der Waals surface area contributed by atoms with Crippen molar-refractivity contribution >= 4 is 11.8 Å². The summed E-state index contributed by atoms with van der Waals surface area (Å²) in [5, 5.41) is 5.27. The highest BCUT2D eigenvalue weighted by molar-refractivity contribution is 5.97. The number of benzene rings is 1. The Hall–Kier alpha value is -3.29. The van der Waals surface area contributed by atoms with Crippen LogP contribution in [0.25, 0.3) is 0 Å². The van der Waals surface area contributed by atoms with E-state index in [-0.39, 0.29) is 25.2 Å². The molecule has 8 nitrogen and oxygen atoms in total. The van der Waals surface area contributed by atoms with Crippen LogP contribution in [0.2, 0.25) is 0 Å². The molecule has 3 rings (SSSR count). The number of nitrogens with zero attached hydrogens (tertiary/aromatic N) is 1. The smallest absolute Gasteiger partial charge is 0.251 e. The normalized spacial score (nSPS) is 11.7. The summed E-state index contributed by atoms with van der Waals surface area (Å²) in [4.78, 5) is 28.0. The van der Waals surface area contributed by atoms with Crippen LogP contribution in [-0.4, -0.2) is 37.2 Å². The van der Waals surface area contributed by atoms with Crippen LogP contribution in [0, 0.1) is 0 Å². The zero-order chi connectivity index (χ0) is 17.6. The van der Waals surface area contributed by atoms with Gasteiger partial charge in [0.25, 0.3) is 5.91 Å². The van der Waals surface area contributed by atoms with Gasteiger partial charge in [-0.25, -0.2) is 4.98 Å². The standard InChI is InChI=1S/C17H17N3O5/c1-23-16-5-2-11(8-19-16)7-18-15(21)9-20-17(22)12-3-4-13-14(6-12)25-10-24-13/h2-6,8H,7,9-10H2,1H3,(H,18,21)(H,20,22). The lowest BCUT2D eigenvalue weighted by Gasteiger charge is -2.08. The van der Waals surface area contributed by atoms with Gasteiger partial charge in [0.1, 0.15) is 0 Å². The minimum Gasteiger partial charge on any atom is -0.481 e. The summed E-state index contributed by atoms with van der Waals surface area (Å²) in [6, 6.07) is 8.37. The third kappa shape index (κ3) is 4.17. The van der Waals surface area contributed by atoms with E-state index in [0.29, 0.717) is 29.5 Å². The summed E-state index contributed by atoms with van der Waals surface area (Å²) in [5.74, 6) is 0.960. The molecule has 0 unspecified atom stereocenters. The second-order valence-corrected chi connectivity index (χ2v) is 5.24. The minimum atomic E-state index is -0.362. The molecule has 0 saturated heterocycles. The highest BCUT2D eigenvalue weighted by Crippen LogP contribution is 2.32. The van der Waals surface area contributed by atoms with Crippen molar-refractivity contribution in [2.24, 2.45) is 0 Å². The van der Waals surface area contributed by atoms with Crippen LogP contribution >= 0.6 is 0 Å². The predicted molar refractivity (Wildman–Crippen MR) is 87.5 cm³/mol. The van der Waals surface area contributed by atoms with Gasteiger partial charge in [0.15, 0.2) is 11.5 Å². The number of carbonyl (C=O) groups excluding carboxylic acids is 2. The van der Waals surface area contributed by atoms with E-state index in [4.69, 9.17) is 14.2 Å². The summed E-state index contributed by atoms with van der Waals surface area (Å²) < 4.78 is 15.4. The van der Waals surface area contributed by atoms with E-state index >= 15 is 0 Å². The van der Waals surface area contributed by atoms with Crippen LogP contribution < -0.4 is 24.8 Å². The predicted octanol–water partition coefficient (Wildman–Crippen LogP) is 0.865. The number of hydrogen-bond donors (Lipinski definition) is 2. The molecule has 0 radical (unpaired) electrons. The van der Waals surface area contributed by atoms with Crippen LogP contribution in [-0.2, 0) is 11.3 Å². The maximum Gasteiger partial charge on any atom is 0.251 e. The fourth-order valence-electron chi connectivity index (χ4n) is 2.20. The molecule has 0 spiro atoms. The van der Waals surface area contributed by atoms with Crippen molar-refractivity contribution in [3.63, 3.8) is 0 Å². The van der Waals surface area contributed by atoms with Crippen molar-refractivity contribution in [3.8, 4) is 17.4 Å². The molecule has 1 aromatic carbocycles. The molecule has 25 heavy (non-hydrogen) atoms. The lowest BCUT2D eigenvalue weighted by molar-refractivity contribution is -0.120. The Morgan fingerprint density at radius 3 is 2.76 bits per heavy atom. The number of pyridine rings is 1. The number of amides is 2. The Labute approximate surface area is 144 Å². The van der Waals surface area contributed by atoms with Gasteiger partial charge in [-0.2, -0.15) is 0 Å². The van der Waals surface area contributed by atoms with Crippen LogP contribution in [0.15, 0.2) is 36.5 Å². The first-order chi connectivity index (χ1) is 12.2. The first kappa shape index (κ1) is 16.6. The summed E-state index contributed by atoms with van der Waals surface area (Å²) in [7, 11) is 1.53. The fourth-order valence-corrected chi connectivity index (χ4v) is 2.20. The zero-order valence-electron chi connectivity index (χ0n) is 13.6. The van der Waals surface area contributed by atoms with E-state index in [9.17, 15) is 9.59 Å². The maximum atomic E-state index is 12.1. The molecule has 2 heterocycles. The van der Waals surface area contributed by atoms with Crippen molar-refractivity contribution in [3.05, 3.63) is 47.7 Å². The second kappa shape index (κ2) is 7.52. The van der Waals surface area contributed by atoms with Crippen molar-refractivity contribution < 1.29 is 23.8 Å². The Balaban J connectivity index is 1.46. The maximum absolute atomic E-state index is 12.1. The number of ether oxygens (including phenoxy) is 3. The molecule has 0 fully saturated rings. The molecule has 2 amide bonds. The van der Waals surface area contributed by atoms with Crippen LogP contribution in [0.3, 0.4) is 0 Å². The van der Waals surface area contributed by atoms with Gasteiger partial charge in [-0.1, -0.05) is 6.07 Å². The molecule has 0 atom stereocenters. The first-order valence-electron chi connectivity index (χ1n) is 7.59. The summed E-state index contributed by atoms with van der Waals surface area (Å²) in [6.45, 7) is 0.329. The summed E-state index contributed by atoms with van der Waals surface area (Å²) in [5.41, 5.74) is 1.23. The average molecular weight is 343 g/mol. The van der Waals surface area contributed by atoms with E-state index < -0.39 is 0 Å². The van der Waals surface area contributed by atoms with Gasteiger partial charge in [0.05, 0.1) is 13.7 Å². The van der Waals surface area contributed by atoms with Crippen LogP contribution in [0.4, 0.5) is 0 Å². The molecule has 0 aliphatic carbocycles. The number of rotatable bonds is 6. The van der Waals surface area contributed by atoms with Gasteiger partial charge < -0.3 is 24.8 Å². The van der Waals surface area contributed by atoms with E-state index in [2.05, 4.69) is 15.6 Å². The highest BCUT2D eigenvalue weighted by atomic mass is 16.7. The number of hydrogen-bond acceptors (Lipinski definition) is 6. The topological polar surface area (TPSA) is 98.8 Å². The van der Waals surface area contributed by atoms with Gasteiger partial charge in [-0.05, 0) is 23.8 Å². The number of carbonyl (C=O) groups is 2. The van der Waals surface area contributed by atoms with Gasteiger partial charge in [0.2, 0.25) is 18.6 Å². The van der Waals surface area contributed by atoms with Gasteiger partial charge in [-0.3, -0.25) is 9.59 Å². The Morgan fingerprint density at radius 2 is 2.00 bits per heavy atom. The molecule has 2 N–H and O–H groups in total. The summed E-state index contributed by atoms with van der Waals surface area (Å²) >= 11 is 0. The Morgan fingerprint density at radius 1 is 1.16 bits per heavy atom. The Kier molecular flexibility index (Phi) is 4.98. The molecule has 1 aromatic heterocycles. The van der Waals surface area contributed by atoms with Crippen molar-refractivity contribution in [2.45, 2.75) is 6.54 Å². The van der Waals surface area contributed by atoms with E-state index in [1.54, 1.807) is 36.5 Å². The molecule has 0 saturated carbocycles. The minimum absolute atomic E-state index is 0.128. The van der Waals surface area contributed by atoms with Crippen LogP contribution in [0.5, 0.6) is 17.4 Å². The van der Waals surface area contributed by atoms with Crippen molar-refractivity contribution in [2.75, 3.05) is 20.4 Å². The highest BCUT2D eigenvalue weighted by Gasteiger charge is 2.16. The largest absolute Gasteiger partial charge is 0.481 e.